The smallest absolute Gasteiger partial charge is 0.234 e. The van der Waals surface area contributed by atoms with Crippen molar-refractivity contribution in [3.8, 4) is 6.07 Å². The van der Waals surface area contributed by atoms with Crippen molar-refractivity contribution in [2.24, 2.45) is 5.92 Å². The van der Waals surface area contributed by atoms with E-state index in [-0.39, 0.29) is 17.9 Å². The number of carbonyl (C=O) groups excluding carboxylic acids is 2. The molecule has 29 heavy (non-hydrogen) atoms. The first-order valence-corrected chi connectivity index (χ1v) is 10.8. The molecular formula is C23H32N4O2. The first kappa shape index (κ1) is 21.3. The van der Waals surface area contributed by atoms with Gasteiger partial charge in [0.25, 0.3) is 0 Å². The first-order valence-electron chi connectivity index (χ1n) is 10.8. The van der Waals surface area contributed by atoms with Crippen molar-refractivity contribution in [3.63, 3.8) is 0 Å². The molecule has 1 aliphatic heterocycles. The molecule has 2 amide bonds. The number of nitrogens with zero attached hydrogens (tertiary/aromatic N) is 3. The Morgan fingerprint density at radius 1 is 1.17 bits per heavy atom. The molecule has 156 valence electrons. The Bertz CT molecular complexity index is 743. The molecule has 1 saturated carbocycles. The monoisotopic (exact) mass is 396 g/mol. The minimum atomic E-state index is 0.0148. The molecule has 1 heterocycles. The van der Waals surface area contributed by atoms with E-state index in [2.05, 4.69) is 11.4 Å². The summed E-state index contributed by atoms with van der Waals surface area (Å²) in [7, 11) is 1.91. The van der Waals surface area contributed by atoms with Crippen LogP contribution >= 0.6 is 0 Å². The minimum absolute atomic E-state index is 0.0148. The average Bonchev–Trinajstić information content (AvgIpc) is 2.74. The van der Waals surface area contributed by atoms with Crippen LogP contribution in [-0.4, -0.2) is 54.3 Å². The number of amides is 2. The number of likely N-dealkylation sites (N-methyl/N-ethyl adjacent to an activating group) is 1. The summed E-state index contributed by atoms with van der Waals surface area (Å²) in [5.41, 5.74) is 1.66. The molecular weight excluding hydrogens is 364 g/mol. The van der Waals surface area contributed by atoms with Crippen LogP contribution in [0.1, 0.15) is 56.1 Å². The summed E-state index contributed by atoms with van der Waals surface area (Å²) in [6.45, 7) is 2.43. The first-order chi connectivity index (χ1) is 14.0. The Morgan fingerprint density at radius 2 is 1.90 bits per heavy atom. The summed E-state index contributed by atoms with van der Waals surface area (Å²) in [6, 6.07) is 9.75. The molecule has 6 nitrogen and oxygen atoms in total. The number of carbonyl (C=O) groups is 2. The molecule has 0 unspecified atom stereocenters. The van der Waals surface area contributed by atoms with Gasteiger partial charge in [-0.05, 0) is 50.4 Å². The van der Waals surface area contributed by atoms with Crippen molar-refractivity contribution < 1.29 is 9.59 Å². The molecule has 3 rings (SSSR count). The number of nitriles is 1. The molecule has 0 aromatic heterocycles. The predicted molar refractivity (Wildman–Crippen MR) is 112 cm³/mol. The molecule has 0 radical (unpaired) electrons. The second kappa shape index (κ2) is 10.4. The van der Waals surface area contributed by atoms with Gasteiger partial charge in [0, 0.05) is 31.6 Å². The number of rotatable bonds is 6. The molecule has 2 fully saturated rings. The highest BCUT2D eigenvalue weighted by molar-refractivity contribution is 5.79. The van der Waals surface area contributed by atoms with E-state index in [9.17, 15) is 9.59 Å². The Balaban J connectivity index is 1.39. The third-order valence-electron chi connectivity index (χ3n) is 6.05. The van der Waals surface area contributed by atoms with Crippen molar-refractivity contribution in [2.45, 2.75) is 57.5 Å². The second-order valence-electron chi connectivity index (χ2n) is 8.49. The highest BCUT2D eigenvalue weighted by atomic mass is 16.2. The molecule has 0 bridgehead atoms. The van der Waals surface area contributed by atoms with Gasteiger partial charge in [-0.3, -0.25) is 14.5 Å². The Morgan fingerprint density at radius 3 is 2.59 bits per heavy atom. The van der Waals surface area contributed by atoms with E-state index in [0.29, 0.717) is 24.6 Å². The van der Waals surface area contributed by atoms with E-state index in [4.69, 9.17) is 5.26 Å². The van der Waals surface area contributed by atoms with Gasteiger partial charge in [0.1, 0.15) is 0 Å². The highest BCUT2D eigenvalue weighted by Crippen LogP contribution is 2.26. The number of likely N-dealkylation sites (tertiary alicyclic amines) is 1. The lowest BCUT2D eigenvalue weighted by molar-refractivity contribution is -0.137. The van der Waals surface area contributed by atoms with Crippen LogP contribution in [0.15, 0.2) is 24.3 Å². The minimum Gasteiger partial charge on any atom is -0.352 e. The molecule has 1 N–H and O–H groups in total. The van der Waals surface area contributed by atoms with Gasteiger partial charge in [-0.2, -0.15) is 5.26 Å². The maximum absolute atomic E-state index is 12.7. The lowest BCUT2D eigenvalue weighted by Gasteiger charge is -2.35. The van der Waals surface area contributed by atoms with Crippen LogP contribution in [0, 0.1) is 17.2 Å². The van der Waals surface area contributed by atoms with E-state index < -0.39 is 0 Å². The largest absolute Gasteiger partial charge is 0.352 e. The van der Waals surface area contributed by atoms with Gasteiger partial charge in [0.2, 0.25) is 11.8 Å². The zero-order valence-corrected chi connectivity index (χ0v) is 17.4. The summed E-state index contributed by atoms with van der Waals surface area (Å²) in [5.74, 6) is 0.567. The number of benzene rings is 1. The fraction of sp³-hybridized carbons (Fsp3) is 0.609. The zero-order chi connectivity index (χ0) is 20.6. The van der Waals surface area contributed by atoms with Gasteiger partial charge in [0.15, 0.2) is 0 Å². The van der Waals surface area contributed by atoms with Gasteiger partial charge < -0.3 is 10.2 Å². The third-order valence-corrected chi connectivity index (χ3v) is 6.05. The average molecular weight is 397 g/mol. The SMILES string of the molecule is CN(CC(=O)NC1CCN(C(=O)C2CCCCC2)CC1)Cc1cccc(C#N)c1. The quantitative estimate of drug-likeness (QED) is 0.802. The van der Waals surface area contributed by atoms with Crippen LogP contribution in [0.3, 0.4) is 0 Å². The van der Waals surface area contributed by atoms with Crippen molar-refractivity contribution >= 4 is 11.8 Å². The summed E-state index contributed by atoms with van der Waals surface area (Å²) in [5, 5.41) is 12.1. The predicted octanol–water partition coefficient (Wildman–Crippen LogP) is 2.68. The standard InChI is InChI=1S/C23H32N4O2/c1-26(16-19-7-5-6-18(14-19)15-24)17-22(28)25-21-10-12-27(13-11-21)23(29)20-8-3-2-4-9-20/h5-7,14,20-21H,2-4,8-13,16-17H2,1H3,(H,25,28). The molecule has 6 heteroatoms. The molecule has 1 saturated heterocycles. The van der Waals surface area contributed by atoms with Gasteiger partial charge in [-0.15, -0.1) is 0 Å². The van der Waals surface area contributed by atoms with Crippen LogP contribution in [0.25, 0.3) is 0 Å². The fourth-order valence-corrected chi connectivity index (χ4v) is 4.48. The Labute approximate surface area is 173 Å². The van der Waals surface area contributed by atoms with E-state index in [1.54, 1.807) is 6.07 Å². The van der Waals surface area contributed by atoms with Crippen LogP contribution < -0.4 is 5.32 Å². The van der Waals surface area contributed by atoms with E-state index >= 15 is 0 Å². The van der Waals surface area contributed by atoms with E-state index in [1.165, 1.54) is 19.3 Å². The third kappa shape index (κ3) is 6.30. The lowest BCUT2D eigenvalue weighted by atomic mass is 9.87. The van der Waals surface area contributed by atoms with Crippen molar-refractivity contribution in [1.29, 1.82) is 5.26 Å². The number of hydrogen-bond acceptors (Lipinski definition) is 4. The van der Waals surface area contributed by atoms with Gasteiger partial charge in [-0.25, -0.2) is 0 Å². The topological polar surface area (TPSA) is 76.4 Å². The highest BCUT2D eigenvalue weighted by Gasteiger charge is 2.29. The molecule has 1 aromatic carbocycles. The van der Waals surface area contributed by atoms with Crippen molar-refractivity contribution in [2.75, 3.05) is 26.7 Å². The molecule has 0 spiro atoms. The van der Waals surface area contributed by atoms with Crippen LogP contribution in [0.5, 0.6) is 0 Å². The number of hydrogen-bond donors (Lipinski definition) is 1. The van der Waals surface area contributed by atoms with E-state index in [1.807, 2.05) is 35.0 Å². The molecule has 0 atom stereocenters. The van der Waals surface area contributed by atoms with Crippen LogP contribution in [-0.2, 0) is 16.1 Å². The van der Waals surface area contributed by atoms with Crippen molar-refractivity contribution in [3.05, 3.63) is 35.4 Å². The van der Waals surface area contributed by atoms with E-state index in [0.717, 1.165) is 44.3 Å². The van der Waals surface area contributed by atoms with Gasteiger partial charge in [0.05, 0.1) is 18.2 Å². The molecule has 1 aliphatic carbocycles. The summed E-state index contributed by atoms with van der Waals surface area (Å²) < 4.78 is 0. The van der Waals surface area contributed by atoms with Gasteiger partial charge in [-0.1, -0.05) is 31.4 Å². The van der Waals surface area contributed by atoms with Crippen molar-refractivity contribution in [1.82, 2.24) is 15.1 Å². The van der Waals surface area contributed by atoms with Gasteiger partial charge >= 0.3 is 0 Å². The lowest BCUT2D eigenvalue weighted by Crippen LogP contribution is -2.49. The maximum atomic E-state index is 12.7. The maximum Gasteiger partial charge on any atom is 0.234 e. The normalized spacial score (nSPS) is 18.4. The summed E-state index contributed by atoms with van der Waals surface area (Å²) in [6.07, 6.45) is 7.36. The zero-order valence-electron chi connectivity index (χ0n) is 17.4. The second-order valence-corrected chi connectivity index (χ2v) is 8.49. The number of nitrogens with one attached hydrogen (secondary N) is 1. The fourth-order valence-electron chi connectivity index (χ4n) is 4.48. The summed E-state index contributed by atoms with van der Waals surface area (Å²) >= 11 is 0. The number of piperidine rings is 1. The van der Waals surface area contributed by atoms with Crippen LogP contribution in [0.2, 0.25) is 0 Å². The molecule has 1 aromatic rings. The summed E-state index contributed by atoms with van der Waals surface area (Å²) in [4.78, 5) is 29.0. The Kier molecular flexibility index (Phi) is 7.65. The van der Waals surface area contributed by atoms with Crippen LogP contribution in [0.4, 0.5) is 0 Å². The molecule has 2 aliphatic rings. The Hall–Kier alpha value is -2.39.